The number of anilines is 1. The fraction of sp³-hybridized carbons (Fsp3) is 0.200. The molecule has 3 aromatic heterocycles. The van der Waals surface area contributed by atoms with Gasteiger partial charge in [0.2, 0.25) is 0 Å². The average Bonchev–Trinajstić information content (AvgIpc) is 3.23. The molecule has 1 aromatic carbocycles. The van der Waals surface area contributed by atoms with E-state index < -0.39 is 0 Å². The third-order valence-corrected chi connectivity index (χ3v) is 6.77. The van der Waals surface area contributed by atoms with Crippen LogP contribution in [-0.2, 0) is 17.9 Å². The van der Waals surface area contributed by atoms with Crippen LogP contribution in [0.3, 0.4) is 0 Å². The van der Waals surface area contributed by atoms with Crippen molar-refractivity contribution < 1.29 is 4.79 Å². The second-order valence-corrected chi connectivity index (χ2v) is 8.94. The van der Waals surface area contributed by atoms with Gasteiger partial charge in [0.05, 0.1) is 17.8 Å². The highest BCUT2D eigenvalue weighted by atomic mass is 79.9. The van der Waals surface area contributed by atoms with E-state index in [0.717, 1.165) is 49.0 Å². The van der Waals surface area contributed by atoms with Gasteiger partial charge in [0.15, 0.2) is 0 Å². The van der Waals surface area contributed by atoms with Crippen LogP contribution in [0.15, 0.2) is 57.9 Å². The fourth-order valence-corrected chi connectivity index (χ4v) is 4.30. The van der Waals surface area contributed by atoms with E-state index in [9.17, 15) is 4.79 Å². The molecular weight excluding hydrogens is 494 g/mol. The highest BCUT2D eigenvalue weighted by molar-refractivity contribution is 9.10. The van der Waals surface area contributed by atoms with Crippen LogP contribution in [0.25, 0.3) is 16.4 Å². The molecule has 0 aliphatic heterocycles. The van der Waals surface area contributed by atoms with Crippen LogP contribution in [-0.4, -0.2) is 26.5 Å². The van der Waals surface area contributed by atoms with Crippen LogP contribution in [0, 0.1) is 20.8 Å². The highest BCUT2D eigenvalue weighted by Gasteiger charge is 2.13. The van der Waals surface area contributed by atoms with Gasteiger partial charge < -0.3 is 21.2 Å². The number of pyridine rings is 2. The summed E-state index contributed by atoms with van der Waals surface area (Å²) in [6.07, 6.45) is 6.37. The number of imidazole rings is 1. The van der Waals surface area contributed by atoms with E-state index in [1.165, 1.54) is 12.4 Å². The van der Waals surface area contributed by atoms with Crippen LogP contribution < -0.4 is 16.8 Å². The van der Waals surface area contributed by atoms with Crippen molar-refractivity contribution >= 4 is 50.3 Å². The van der Waals surface area contributed by atoms with Crippen molar-refractivity contribution in [2.75, 3.05) is 5.73 Å². The number of aromatic nitrogens is 3. The molecular formula is C25H26BrN7O. The average molecular weight is 520 g/mol. The van der Waals surface area contributed by atoms with Gasteiger partial charge >= 0.3 is 0 Å². The number of carbonyl (C=O) groups excluding carboxylic acids is 1. The first-order valence-corrected chi connectivity index (χ1v) is 11.6. The molecule has 0 saturated heterocycles. The summed E-state index contributed by atoms with van der Waals surface area (Å²) < 4.78 is 3.01. The van der Waals surface area contributed by atoms with Gasteiger partial charge in [0.1, 0.15) is 11.5 Å². The third kappa shape index (κ3) is 4.51. The number of nitrogens with zero attached hydrogens (tertiary/aromatic N) is 4. The van der Waals surface area contributed by atoms with Gasteiger partial charge in [-0.05, 0) is 83.0 Å². The minimum Gasteiger partial charge on any atom is -0.404 e. The Morgan fingerprint density at radius 1 is 1.24 bits per heavy atom. The largest absolute Gasteiger partial charge is 0.404 e. The van der Waals surface area contributed by atoms with Crippen LogP contribution in [0.1, 0.15) is 28.1 Å². The van der Waals surface area contributed by atoms with Gasteiger partial charge in [-0.3, -0.25) is 9.79 Å². The molecule has 0 aliphatic carbocycles. The van der Waals surface area contributed by atoms with Gasteiger partial charge in [0.25, 0.3) is 5.91 Å². The topological polar surface area (TPSA) is 124 Å². The number of amides is 1. The van der Waals surface area contributed by atoms with E-state index in [4.69, 9.17) is 11.5 Å². The Kier molecular flexibility index (Phi) is 6.65. The molecule has 0 atom stereocenters. The third-order valence-electron chi connectivity index (χ3n) is 5.93. The monoisotopic (exact) mass is 519 g/mol. The number of fused-ring (bicyclic) bond motifs is 2. The lowest BCUT2D eigenvalue weighted by molar-refractivity contribution is -0.117. The Balaban J connectivity index is 1.45. The molecule has 174 valence electrons. The maximum Gasteiger partial charge on any atom is 0.254 e. The lowest BCUT2D eigenvalue weighted by atomic mass is 9.96. The summed E-state index contributed by atoms with van der Waals surface area (Å²) in [6, 6.07) is 7.84. The number of carbonyl (C=O) groups is 1. The summed E-state index contributed by atoms with van der Waals surface area (Å²) >= 11 is 3.53. The summed E-state index contributed by atoms with van der Waals surface area (Å²) in [5, 5.41) is 4.88. The summed E-state index contributed by atoms with van der Waals surface area (Å²) in [7, 11) is 0. The molecule has 0 spiro atoms. The van der Waals surface area contributed by atoms with Crippen molar-refractivity contribution in [3.63, 3.8) is 0 Å². The van der Waals surface area contributed by atoms with Gasteiger partial charge in [-0.1, -0.05) is 0 Å². The first kappa shape index (κ1) is 23.4. The molecule has 0 unspecified atom stereocenters. The number of halogens is 1. The minimum atomic E-state index is -0.297. The Bertz CT molecular complexity index is 1470. The number of nitrogens with two attached hydrogens (primary N) is 2. The van der Waals surface area contributed by atoms with Crippen LogP contribution in [0.4, 0.5) is 5.82 Å². The van der Waals surface area contributed by atoms with E-state index in [-0.39, 0.29) is 11.5 Å². The highest BCUT2D eigenvalue weighted by Crippen LogP contribution is 2.27. The second-order valence-electron chi connectivity index (χ2n) is 8.09. The van der Waals surface area contributed by atoms with Crippen molar-refractivity contribution in [2.45, 2.75) is 33.9 Å². The Hall–Kier alpha value is -3.72. The number of benzene rings is 1. The van der Waals surface area contributed by atoms with Gasteiger partial charge in [-0.2, -0.15) is 0 Å². The molecule has 0 aliphatic rings. The first-order chi connectivity index (χ1) is 16.3. The van der Waals surface area contributed by atoms with Crippen LogP contribution in [0.5, 0.6) is 0 Å². The number of nitrogens with one attached hydrogen (secondary N) is 1. The molecule has 0 bridgehead atoms. The molecule has 34 heavy (non-hydrogen) atoms. The van der Waals surface area contributed by atoms with Crippen molar-refractivity contribution in [3.05, 3.63) is 81.0 Å². The SMILES string of the molecule is Cc1cc2c(N)nccc2c(C)c1CNC(=O)/C(C=NCc1cn2c(C)c(Br)ccc2n1)=C/N. The van der Waals surface area contributed by atoms with E-state index in [2.05, 4.69) is 36.2 Å². The molecule has 3 heterocycles. The second kappa shape index (κ2) is 9.64. The number of rotatable bonds is 6. The predicted molar refractivity (Wildman–Crippen MR) is 140 cm³/mol. The van der Waals surface area contributed by atoms with Gasteiger partial charge in [-0.25, -0.2) is 9.97 Å². The lowest BCUT2D eigenvalue weighted by Gasteiger charge is -2.15. The smallest absolute Gasteiger partial charge is 0.254 e. The Morgan fingerprint density at radius 3 is 2.79 bits per heavy atom. The summed E-state index contributed by atoms with van der Waals surface area (Å²) in [5.41, 5.74) is 17.8. The fourth-order valence-electron chi connectivity index (χ4n) is 3.98. The quantitative estimate of drug-likeness (QED) is 0.263. The molecule has 4 aromatic rings. The zero-order valence-corrected chi connectivity index (χ0v) is 20.8. The van der Waals surface area contributed by atoms with E-state index in [1.807, 2.05) is 55.6 Å². The molecule has 0 fully saturated rings. The molecule has 1 amide bonds. The number of aryl methyl sites for hydroxylation is 3. The van der Waals surface area contributed by atoms with Crippen molar-refractivity contribution in [2.24, 2.45) is 10.7 Å². The van der Waals surface area contributed by atoms with Crippen LogP contribution in [0.2, 0.25) is 0 Å². The zero-order valence-electron chi connectivity index (χ0n) is 19.3. The van der Waals surface area contributed by atoms with Crippen molar-refractivity contribution in [1.82, 2.24) is 19.7 Å². The van der Waals surface area contributed by atoms with Gasteiger partial charge in [-0.15, -0.1) is 0 Å². The molecule has 0 radical (unpaired) electrons. The van der Waals surface area contributed by atoms with Crippen molar-refractivity contribution in [1.29, 1.82) is 0 Å². The molecule has 8 nitrogen and oxygen atoms in total. The van der Waals surface area contributed by atoms with E-state index in [0.29, 0.717) is 18.9 Å². The van der Waals surface area contributed by atoms with Crippen LogP contribution >= 0.6 is 15.9 Å². The number of nitrogen functional groups attached to an aromatic ring is 1. The lowest BCUT2D eigenvalue weighted by Crippen LogP contribution is -2.26. The standard InChI is InChI=1S/C25H26BrN7O/c1-14-8-20-19(6-7-30-24(20)28)15(2)21(14)12-31-25(34)17(9-27)10-29-11-18-13-33-16(3)22(26)4-5-23(33)32-18/h4-10,13H,11-12,27H2,1-3H3,(H2,28,30)(H,31,34)/b17-9+,29-10?. The maximum absolute atomic E-state index is 12.7. The van der Waals surface area contributed by atoms with E-state index >= 15 is 0 Å². The minimum absolute atomic E-state index is 0.284. The normalized spacial score (nSPS) is 12.2. The van der Waals surface area contributed by atoms with E-state index in [1.54, 1.807) is 6.20 Å². The summed E-state index contributed by atoms with van der Waals surface area (Å²) in [6.45, 7) is 6.72. The molecule has 9 heteroatoms. The Labute approximate surface area is 205 Å². The molecule has 0 saturated carbocycles. The zero-order chi connectivity index (χ0) is 24.4. The maximum atomic E-state index is 12.7. The molecule has 4 rings (SSSR count). The van der Waals surface area contributed by atoms with Gasteiger partial charge in [0, 0.05) is 46.9 Å². The van der Waals surface area contributed by atoms with Crippen molar-refractivity contribution in [3.8, 4) is 0 Å². The number of aliphatic imine (C=N–C) groups is 1. The Morgan fingerprint density at radius 2 is 2.03 bits per heavy atom. The summed E-state index contributed by atoms with van der Waals surface area (Å²) in [4.78, 5) is 25.9. The molecule has 5 N–H and O–H groups in total. The first-order valence-electron chi connectivity index (χ1n) is 10.8. The summed E-state index contributed by atoms with van der Waals surface area (Å²) in [5.74, 6) is 0.200. The predicted octanol–water partition coefficient (Wildman–Crippen LogP) is 3.88. The number of hydrogen-bond acceptors (Lipinski definition) is 6. The number of hydrogen-bond donors (Lipinski definition) is 3.